The van der Waals surface area contributed by atoms with Crippen LogP contribution in [0, 0.1) is 0 Å². The first-order chi connectivity index (χ1) is 18.1. The van der Waals surface area contributed by atoms with Gasteiger partial charge in [0.2, 0.25) is 5.91 Å². The van der Waals surface area contributed by atoms with Crippen LogP contribution in [0.15, 0.2) is 79.3 Å². The summed E-state index contributed by atoms with van der Waals surface area (Å²) < 4.78 is 11.9. The van der Waals surface area contributed by atoms with Crippen molar-refractivity contribution < 1.29 is 19.1 Å². The lowest BCUT2D eigenvalue weighted by molar-refractivity contribution is -0.134. The summed E-state index contributed by atoms with van der Waals surface area (Å²) in [5, 5.41) is 1.09. The Morgan fingerprint density at radius 2 is 1.84 bits per heavy atom. The number of ether oxygens (including phenoxy) is 2. The lowest BCUT2D eigenvalue weighted by atomic mass is 9.92. The van der Waals surface area contributed by atoms with E-state index in [1.54, 1.807) is 18.6 Å². The van der Waals surface area contributed by atoms with Crippen LogP contribution in [-0.2, 0) is 27.2 Å². The minimum Gasteiger partial charge on any atom is -0.489 e. The van der Waals surface area contributed by atoms with E-state index < -0.39 is 11.0 Å². The Hall–Kier alpha value is -4.26. The molecule has 4 heterocycles. The molecule has 1 unspecified atom stereocenters. The van der Waals surface area contributed by atoms with Crippen molar-refractivity contribution in [3.05, 3.63) is 102 Å². The Labute approximate surface area is 214 Å². The van der Waals surface area contributed by atoms with Gasteiger partial charge >= 0.3 is 5.97 Å². The van der Waals surface area contributed by atoms with E-state index in [0.717, 1.165) is 46.2 Å². The van der Waals surface area contributed by atoms with Crippen LogP contribution in [0.4, 0.5) is 0 Å². The molecule has 4 aromatic rings. The second-order valence-electron chi connectivity index (χ2n) is 10.2. The maximum Gasteiger partial charge on any atom is 0.341 e. The topological polar surface area (TPSA) is 81.6 Å². The number of likely N-dealkylation sites (tertiary alicyclic amines) is 1. The Morgan fingerprint density at radius 1 is 1.00 bits per heavy atom. The summed E-state index contributed by atoms with van der Waals surface area (Å²) in [5.41, 5.74) is 3.07. The van der Waals surface area contributed by atoms with Gasteiger partial charge in [0, 0.05) is 48.1 Å². The summed E-state index contributed by atoms with van der Waals surface area (Å²) in [5.74, 6) is 0.509. The van der Waals surface area contributed by atoms with Crippen molar-refractivity contribution >= 4 is 22.8 Å². The van der Waals surface area contributed by atoms with Crippen molar-refractivity contribution in [2.45, 2.75) is 36.9 Å². The Bertz CT molecular complexity index is 1540. The molecule has 1 saturated carbocycles. The fourth-order valence-corrected chi connectivity index (χ4v) is 5.87. The van der Waals surface area contributed by atoms with Crippen molar-refractivity contribution in [3.8, 4) is 5.75 Å². The van der Waals surface area contributed by atoms with Gasteiger partial charge in [-0.25, -0.2) is 4.79 Å². The molecule has 1 saturated heterocycles. The summed E-state index contributed by atoms with van der Waals surface area (Å²) in [6.07, 6.45) is 7.26. The Kier molecular flexibility index (Phi) is 4.83. The molecule has 184 valence electrons. The minimum atomic E-state index is -0.755. The van der Waals surface area contributed by atoms with Gasteiger partial charge in [0.25, 0.3) is 0 Å². The zero-order valence-corrected chi connectivity index (χ0v) is 20.2. The van der Waals surface area contributed by atoms with Gasteiger partial charge in [0.15, 0.2) is 5.60 Å². The fourth-order valence-electron chi connectivity index (χ4n) is 5.87. The van der Waals surface area contributed by atoms with E-state index in [4.69, 9.17) is 9.47 Å². The summed E-state index contributed by atoms with van der Waals surface area (Å²) in [7, 11) is 0. The monoisotopic (exact) mass is 491 g/mol. The number of hydrogen-bond acceptors (Lipinski definition) is 6. The second kappa shape index (κ2) is 8.13. The maximum atomic E-state index is 13.7. The van der Waals surface area contributed by atoms with E-state index >= 15 is 0 Å². The third-order valence-corrected chi connectivity index (χ3v) is 8.02. The number of pyridine rings is 2. The average Bonchev–Trinajstić information content (AvgIpc) is 3.57. The molecular weight excluding hydrogens is 466 g/mol. The summed E-state index contributed by atoms with van der Waals surface area (Å²) >= 11 is 0. The molecule has 7 heteroatoms. The van der Waals surface area contributed by atoms with Gasteiger partial charge in [-0.1, -0.05) is 36.4 Å². The van der Waals surface area contributed by atoms with Crippen molar-refractivity contribution in [2.75, 3.05) is 13.1 Å². The highest BCUT2D eigenvalue weighted by molar-refractivity contribution is 5.95. The van der Waals surface area contributed by atoms with Crippen molar-refractivity contribution in [1.82, 2.24) is 14.9 Å². The molecule has 1 aliphatic carbocycles. The van der Waals surface area contributed by atoms with Crippen LogP contribution in [-0.4, -0.2) is 39.8 Å². The van der Waals surface area contributed by atoms with Crippen LogP contribution >= 0.6 is 0 Å². The van der Waals surface area contributed by atoms with Crippen LogP contribution in [0.25, 0.3) is 10.9 Å². The van der Waals surface area contributed by atoms with Gasteiger partial charge in [-0.3, -0.25) is 14.8 Å². The number of para-hydroxylation sites is 1. The van der Waals surface area contributed by atoms with Crippen LogP contribution in [0.3, 0.4) is 0 Å². The molecular formula is C30H25N3O4. The molecule has 37 heavy (non-hydrogen) atoms. The number of carbonyl (C=O) groups is 2. The lowest BCUT2D eigenvalue weighted by Gasteiger charge is -2.27. The molecule has 1 atom stereocenters. The standard InChI is InChI=1S/C30H25N3O4/c34-27-24-17-31-15-10-25(24)30(37-27)13-16-33(19-30)28(35)29(11-12-29)22-6-8-23(9-7-22)36-18-21-4-1-3-20-5-2-14-32-26(20)21/h1-10,14-15,17H,11-13,16,18-19H2. The molecule has 0 radical (unpaired) electrons. The highest BCUT2D eigenvalue weighted by Crippen LogP contribution is 2.52. The lowest BCUT2D eigenvalue weighted by Crippen LogP contribution is -2.40. The zero-order chi connectivity index (χ0) is 25.0. The Balaban J connectivity index is 1.06. The highest BCUT2D eigenvalue weighted by Gasteiger charge is 2.57. The summed E-state index contributed by atoms with van der Waals surface area (Å²) in [6, 6.07) is 19.8. The Morgan fingerprint density at radius 3 is 2.68 bits per heavy atom. The molecule has 2 fully saturated rings. The number of nitrogens with zero attached hydrogens (tertiary/aromatic N) is 3. The van der Waals surface area contributed by atoms with Gasteiger partial charge in [-0.15, -0.1) is 0 Å². The van der Waals surface area contributed by atoms with E-state index in [2.05, 4.69) is 9.97 Å². The van der Waals surface area contributed by atoms with E-state index in [0.29, 0.717) is 31.7 Å². The summed E-state index contributed by atoms with van der Waals surface area (Å²) in [4.78, 5) is 36.5. The van der Waals surface area contributed by atoms with E-state index in [1.165, 1.54) is 0 Å². The highest BCUT2D eigenvalue weighted by atomic mass is 16.6. The predicted molar refractivity (Wildman–Crippen MR) is 136 cm³/mol. The molecule has 7 nitrogen and oxygen atoms in total. The number of aromatic nitrogens is 2. The van der Waals surface area contributed by atoms with Crippen molar-refractivity contribution in [1.29, 1.82) is 0 Å². The minimum absolute atomic E-state index is 0.110. The molecule has 0 N–H and O–H groups in total. The van der Waals surface area contributed by atoms with Crippen molar-refractivity contribution in [2.24, 2.45) is 0 Å². The number of rotatable bonds is 5. The van der Waals surface area contributed by atoms with Gasteiger partial charge in [-0.2, -0.15) is 0 Å². The first kappa shape index (κ1) is 22.0. The average molecular weight is 492 g/mol. The number of carbonyl (C=O) groups excluding carboxylic acids is 2. The predicted octanol–water partition coefficient (Wildman–Crippen LogP) is 4.54. The fraction of sp³-hybridized carbons (Fsp3) is 0.267. The SMILES string of the molecule is O=C1OC2(CCN(C(=O)C3(c4ccc(OCc5cccc6cccnc56)cc4)CC3)C2)c2ccncc21. The molecule has 3 aliphatic rings. The second-order valence-corrected chi connectivity index (χ2v) is 10.2. The van der Waals surface area contributed by atoms with Crippen LogP contribution < -0.4 is 4.74 Å². The van der Waals surface area contributed by atoms with E-state index in [9.17, 15) is 9.59 Å². The quantitative estimate of drug-likeness (QED) is 0.382. The van der Waals surface area contributed by atoms with Crippen LogP contribution in [0.1, 0.15) is 46.3 Å². The molecule has 0 bridgehead atoms. The number of esters is 1. The van der Waals surface area contributed by atoms with Gasteiger partial charge in [0.05, 0.1) is 23.0 Å². The summed E-state index contributed by atoms with van der Waals surface area (Å²) in [6.45, 7) is 1.37. The largest absolute Gasteiger partial charge is 0.489 e. The zero-order valence-electron chi connectivity index (χ0n) is 20.2. The molecule has 7 rings (SSSR count). The third kappa shape index (κ3) is 3.49. The molecule has 2 aromatic carbocycles. The number of amides is 1. The van der Waals surface area contributed by atoms with Crippen LogP contribution in [0.5, 0.6) is 5.75 Å². The molecule has 2 aliphatic heterocycles. The smallest absolute Gasteiger partial charge is 0.341 e. The van der Waals surface area contributed by atoms with Gasteiger partial charge < -0.3 is 14.4 Å². The first-order valence-electron chi connectivity index (χ1n) is 12.6. The number of fused-ring (bicyclic) bond motifs is 3. The normalized spacial score (nSPS) is 21.2. The van der Waals surface area contributed by atoms with E-state index in [1.807, 2.05) is 65.6 Å². The van der Waals surface area contributed by atoms with Gasteiger partial charge in [0.1, 0.15) is 12.4 Å². The third-order valence-electron chi connectivity index (χ3n) is 8.02. The number of hydrogen-bond donors (Lipinski definition) is 0. The van der Waals surface area contributed by atoms with Crippen molar-refractivity contribution in [3.63, 3.8) is 0 Å². The first-order valence-corrected chi connectivity index (χ1v) is 12.6. The van der Waals surface area contributed by atoms with Crippen LogP contribution in [0.2, 0.25) is 0 Å². The maximum absolute atomic E-state index is 13.7. The molecule has 1 spiro atoms. The van der Waals surface area contributed by atoms with Gasteiger partial charge in [-0.05, 0) is 42.7 Å². The molecule has 1 amide bonds. The van der Waals surface area contributed by atoms with E-state index in [-0.39, 0.29) is 11.9 Å². The molecule has 2 aromatic heterocycles. The number of benzene rings is 2.